The molecule has 0 bridgehead atoms. The molecule has 2 aliphatic rings. The van der Waals surface area contributed by atoms with Crippen LogP contribution in [-0.4, -0.2) is 57.2 Å². The summed E-state index contributed by atoms with van der Waals surface area (Å²) in [6.07, 6.45) is 3.35. The van der Waals surface area contributed by atoms with Gasteiger partial charge in [-0.25, -0.2) is 28.2 Å². The Hall–Kier alpha value is -3.77. The molecule has 0 saturated carbocycles. The molecule has 1 unspecified atom stereocenters. The minimum Gasteiger partial charge on any atom is -0.334 e. The number of anilines is 1. The van der Waals surface area contributed by atoms with Crippen LogP contribution in [0.4, 0.5) is 19.1 Å². The number of aromatic nitrogens is 3. The second-order valence-corrected chi connectivity index (χ2v) is 7.42. The number of rotatable bonds is 3. The largest absolute Gasteiger partial charge is 0.334 e. The van der Waals surface area contributed by atoms with Gasteiger partial charge in [0.1, 0.15) is 17.8 Å². The van der Waals surface area contributed by atoms with E-state index in [0.29, 0.717) is 10.6 Å². The highest BCUT2D eigenvalue weighted by atomic mass is 19.3. The van der Waals surface area contributed by atoms with Gasteiger partial charge in [-0.15, -0.1) is 0 Å². The number of carbonyl (C=O) groups excluding carboxylic acids is 1. The topological polar surface area (TPSA) is 119 Å². The summed E-state index contributed by atoms with van der Waals surface area (Å²) in [5.41, 5.74) is -2.93. The van der Waals surface area contributed by atoms with Gasteiger partial charge in [0.05, 0.1) is 24.8 Å². The van der Waals surface area contributed by atoms with Crippen molar-refractivity contribution in [1.82, 2.24) is 20.0 Å². The zero-order valence-electron chi connectivity index (χ0n) is 16.6. The number of nitrogens with zero attached hydrogens (tertiary/aromatic N) is 7. The van der Waals surface area contributed by atoms with E-state index in [9.17, 15) is 4.79 Å². The number of pyridine rings is 1. The fourth-order valence-corrected chi connectivity index (χ4v) is 3.76. The third kappa shape index (κ3) is 3.59. The lowest BCUT2D eigenvalue weighted by molar-refractivity contribution is -0.216. The first kappa shape index (κ1) is 21.5. The maximum atomic E-state index is 15.7. The molecular formula is C20H16F3N7O2. The van der Waals surface area contributed by atoms with Crippen LogP contribution < -0.4 is 4.90 Å². The van der Waals surface area contributed by atoms with Gasteiger partial charge in [-0.1, -0.05) is 0 Å². The van der Waals surface area contributed by atoms with Crippen molar-refractivity contribution in [3.05, 3.63) is 47.5 Å². The van der Waals surface area contributed by atoms with Crippen molar-refractivity contribution in [3.63, 3.8) is 0 Å². The zero-order valence-corrected chi connectivity index (χ0v) is 16.6. The molecule has 2 fully saturated rings. The summed E-state index contributed by atoms with van der Waals surface area (Å²) in [6, 6.07) is 5.62. The monoisotopic (exact) mass is 443 g/mol. The molecule has 9 nitrogen and oxygen atoms in total. The molecule has 0 aromatic carbocycles. The Bertz CT molecular complexity index is 1130. The van der Waals surface area contributed by atoms with Crippen LogP contribution in [0.25, 0.3) is 0 Å². The van der Waals surface area contributed by atoms with Gasteiger partial charge in [0.2, 0.25) is 5.95 Å². The fourth-order valence-electron chi connectivity index (χ4n) is 3.76. The lowest BCUT2D eigenvalue weighted by Crippen LogP contribution is -2.64. The van der Waals surface area contributed by atoms with E-state index in [2.05, 4.69) is 15.0 Å². The molecule has 1 amide bonds. The number of hydrogen-bond acceptors (Lipinski definition) is 8. The Morgan fingerprint density at radius 1 is 1.25 bits per heavy atom. The Morgan fingerprint density at radius 2 is 2.06 bits per heavy atom. The normalized spacial score (nSPS) is 24.6. The SMILES string of the molecule is N#Cc1cncc([C@@H]2CCON2C(=O)C2(F)CCN(c3nccc(C#N)n3)CC2(F)F)c1. The van der Waals surface area contributed by atoms with Crippen molar-refractivity contribution >= 4 is 11.9 Å². The highest BCUT2D eigenvalue weighted by Gasteiger charge is 2.65. The van der Waals surface area contributed by atoms with E-state index in [1.54, 1.807) is 6.07 Å². The van der Waals surface area contributed by atoms with Crippen molar-refractivity contribution in [2.45, 2.75) is 30.5 Å². The Morgan fingerprint density at radius 3 is 2.78 bits per heavy atom. The summed E-state index contributed by atoms with van der Waals surface area (Å²) >= 11 is 0. The highest BCUT2D eigenvalue weighted by molar-refractivity contribution is 5.86. The summed E-state index contributed by atoms with van der Waals surface area (Å²) in [4.78, 5) is 30.9. The van der Waals surface area contributed by atoms with Crippen LogP contribution in [0, 0.1) is 22.7 Å². The van der Waals surface area contributed by atoms with E-state index in [1.807, 2.05) is 6.07 Å². The number of halogens is 3. The number of alkyl halides is 3. The third-order valence-electron chi connectivity index (χ3n) is 5.45. The van der Waals surface area contributed by atoms with Crippen LogP contribution in [0.1, 0.15) is 35.7 Å². The van der Waals surface area contributed by atoms with Crippen molar-refractivity contribution in [2.75, 3.05) is 24.6 Å². The number of amides is 1. The summed E-state index contributed by atoms with van der Waals surface area (Å²) in [5, 5.41) is 18.6. The molecule has 32 heavy (non-hydrogen) atoms. The van der Waals surface area contributed by atoms with E-state index in [-0.39, 0.29) is 36.8 Å². The Balaban J connectivity index is 1.58. The second-order valence-electron chi connectivity index (χ2n) is 7.42. The summed E-state index contributed by atoms with van der Waals surface area (Å²) in [6.45, 7) is -1.39. The molecule has 2 atom stereocenters. The van der Waals surface area contributed by atoms with Gasteiger partial charge >= 0.3 is 5.92 Å². The molecule has 164 valence electrons. The van der Waals surface area contributed by atoms with E-state index in [0.717, 1.165) is 4.90 Å². The van der Waals surface area contributed by atoms with Gasteiger partial charge in [0.15, 0.2) is 0 Å². The first-order valence-corrected chi connectivity index (χ1v) is 9.65. The van der Waals surface area contributed by atoms with Gasteiger partial charge in [0.25, 0.3) is 11.6 Å². The van der Waals surface area contributed by atoms with Gasteiger partial charge in [-0.3, -0.25) is 14.6 Å². The minimum atomic E-state index is -4.09. The van der Waals surface area contributed by atoms with Crippen LogP contribution >= 0.6 is 0 Å². The molecule has 2 saturated heterocycles. The number of carbonyl (C=O) groups is 1. The molecule has 0 spiro atoms. The molecule has 12 heteroatoms. The maximum absolute atomic E-state index is 15.7. The van der Waals surface area contributed by atoms with Gasteiger partial charge in [-0.05, 0) is 17.7 Å². The number of piperidine rings is 1. The Kier molecular flexibility index (Phi) is 5.40. The number of nitriles is 2. The first-order valence-electron chi connectivity index (χ1n) is 9.65. The average Bonchev–Trinajstić information content (AvgIpc) is 3.30. The van der Waals surface area contributed by atoms with E-state index in [1.165, 1.54) is 30.7 Å². The van der Waals surface area contributed by atoms with Crippen LogP contribution in [0.15, 0.2) is 30.7 Å². The van der Waals surface area contributed by atoms with Crippen LogP contribution in [0.2, 0.25) is 0 Å². The van der Waals surface area contributed by atoms with Crippen LogP contribution in [-0.2, 0) is 9.63 Å². The van der Waals surface area contributed by atoms with Gasteiger partial charge in [0, 0.05) is 38.0 Å². The molecule has 4 heterocycles. The average molecular weight is 443 g/mol. The lowest BCUT2D eigenvalue weighted by Gasteiger charge is -2.42. The molecule has 0 aliphatic carbocycles. The molecule has 2 aliphatic heterocycles. The van der Waals surface area contributed by atoms with Crippen molar-refractivity contribution in [1.29, 1.82) is 10.5 Å². The van der Waals surface area contributed by atoms with Gasteiger partial charge < -0.3 is 4.90 Å². The molecule has 2 aromatic rings. The minimum absolute atomic E-state index is 0.0204. The number of hydroxylamine groups is 2. The summed E-state index contributed by atoms with van der Waals surface area (Å²) in [7, 11) is 0. The van der Waals surface area contributed by atoms with Crippen LogP contribution in [0.5, 0.6) is 0 Å². The van der Waals surface area contributed by atoms with Crippen molar-refractivity contribution in [2.24, 2.45) is 0 Å². The first-order chi connectivity index (χ1) is 15.3. The molecule has 4 rings (SSSR count). The maximum Gasteiger partial charge on any atom is 0.307 e. The van der Waals surface area contributed by atoms with E-state index < -0.39 is 36.5 Å². The molecule has 0 radical (unpaired) electrons. The predicted molar refractivity (Wildman–Crippen MR) is 101 cm³/mol. The molecule has 2 aromatic heterocycles. The van der Waals surface area contributed by atoms with Gasteiger partial charge in [-0.2, -0.15) is 10.5 Å². The third-order valence-corrected chi connectivity index (χ3v) is 5.45. The van der Waals surface area contributed by atoms with Crippen molar-refractivity contribution < 1.29 is 22.8 Å². The summed E-state index contributed by atoms with van der Waals surface area (Å²) < 4.78 is 45.7. The van der Waals surface area contributed by atoms with Crippen molar-refractivity contribution in [3.8, 4) is 12.1 Å². The fraction of sp³-hybridized carbons (Fsp3) is 0.400. The predicted octanol–water partition coefficient (Wildman–Crippen LogP) is 2.07. The smallest absolute Gasteiger partial charge is 0.307 e. The zero-order chi connectivity index (χ0) is 22.9. The summed E-state index contributed by atoms with van der Waals surface area (Å²) in [5.74, 6) is -5.72. The highest BCUT2D eigenvalue weighted by Crippen LogP contribution is 2.44. The number of hydrogen-bond donors (Lipinski definition) is 0. The quantitative estimate of drug-likeness (QED) is 0.707. The standard InChI is InChI=1S/C20H16F3N7O2/c21-19(3-5-29(12-20(19,22)23)18-27-4-1-15(9-25)28-18)17(31)30-16(2-6-32-30)14-7-13(8-24)10-26-11-14/h1,4,7,10-11,16H,2-3,5-6,12H2/t16-,19?/m0/s1. The molecular weight excluding hydrogens is 427 g/mol. The van der Waals surface area contributed by atoms with E-state index >= 15 is 13.2 Å². The second kappa shape index (κ2) is 8.05. The van der Waals surface area contributed by atoms with E-state index in [4.69, 9.17) is 15.4 Å². The van der Waals surface area contributed by atoms with Crippen LogP contribution in [0.3, 0.4) is 0 Å². The molecule has 0 N–H and O–H groups in total. The Labute approximate surface area is 180 Å². The lowest BCUT2D eigenvalue weighted by atomic mass is 9.87.